The van der Waals surface area contributed by atoms with E-state index in [-0.39, 0.29) is 5.91 Å². The number of rotatable bonds is 5. The van der Waals surface area contributed by atoms with Gasteiger partial charge in [0, 0.05) is 29.1 Å². The molecule has 5 heteroatoms. The Bertz CT molecular complexity index is 819. The molecule has 0 aliphatic heterocycles. The minimum Gasteiger partial charge on any atom is -0.497 e. The largest absolute Gasteiger partial charge is 0.497 e. The second-order valence-corrected chi connectivity index (χ2v) is 5.23. The fraction of sp³-hybridized carbons (Fsp3) is 0.0500. The highest BCUT2D eigenvalue weighted by atomic mass is 16.5. The van der Waals surface area contributed by atoms with Gasteiger partial charge >= 0.3 is 0 Å². The number of carbonyl (C=O) groups is 1. The highest BCUT2D eigenvalue weighted by molar-refractivity contribution is 6.13. The number of hydrazone groups is 1. The summed E-state index contributed by atoms with van der Waals surface area (Å²) in [6.07, 6.45) is 3.39. The minimum atomic E-state index is -0.287. The molecule has 0 radical (unpaired) electrons. The van der Waals surface area contributed by atoms with Gasteiger partial charge in [0.15, 0.2) is 0 Å². The van der Waals surface area contributed by atoms with Gasteiger partial charge < -0.3 is 4.74 Å². The average Bonchev–Trinajstić information content (AvgIpc) is 2.70. The molecule has 3 aromatic rings. The lowest BCUT2D eigenvalue weighted by atomic mass is 10.0. The molecule has 0 aliphatic carbocycles. The van der Waals surface area contributed by atoms with E-state index in [4.69, 9.17) is 4.74 Å². The summed E-state index contributed by atoms with van der Waals surface area (Å²) in [5, 5.41) is 4.34. The van der Waals surface area contributed by atoms with Gasteiger partial charge in [-0.2, -0.15) is 5.10 Å². The van der Waals surface area contributed by atoms with Crippen LogP contribution < -0.4 is 10.2 Å². The van der Waals surface area contributed by atoms with Gasteiger partial charge in [-0.25, -0.2) is 5.43 Å². The smallest absolute Gasteiger partial charge is 0.271 e. The van der Waals surface area contributed by atoms with Gasteiger partial charge in [-0.1, -0.05) is 30.3 Å². The predicted octanol–water partition coefficient (Wildman–Crippen LogP) is 3.27. The zero-order chi connectivity index (χ0) is 17.5. The van der Waals surface area contributed by atoms with Crippen LogP contribution in [0, 0.1) is 0 Å². The quantitative estimate of drug-likeness (QED) is 0.576. The molecule has 0 unspecified atom stereocenters. The molecule has 1 heterocycles. The number of ether oxygens (including phenoxy) is 1. The average molecular weight is 331 g/mol. The molecule has 1 N–H and O–H groups in total. The summed E-state index contributed by atoms with van der Waals surface area (Å²) in [5.41, 5.74) is 5.58. The molecule has 3 rings (SSSR count). The topological polar surface area (TPSA) is 63.6 Å². The Labute approximate surface area is 146 Å². The van der Waals surface area contributed by atoms with Crippen molar-refractivity contribution in [3.63, 3.8) is 0 Å². The maximum Gasteiger partial charge on any atom is 0.271 e. The first kappa shape index (κ1) is 16.4. The number of benzene rings is 2. The first-order valence-corrected chi connectivity index (χ1v) is 7.76. The van der Waals surface area contributed by atoms with Crippen LogP contribution in [0.2, 0.25) is 0 Å². The fourth-order valence-electron chi connectivity index (χ4n) is 2.32. The summed E-state index contributed by atoms with van der Waals surface area (Å²) >= 11 is 0. The first-order valence-electron chi connectivity index (χ1n) is 7.76. The maximum absolute atomic E-state index is 12.3. The van der Waals surface area contributed by atoms with E-state index in [1.165, 1.54) is 0 Å². The summed E-state index contributed by atoms with van der Waals surface area (Å²) < 4.78 is 5.10. The number of nitrogens with zero attached hydrogens (tertiary/aromatic N) is 2. The summed E-state index contributed by atoms with van der Waals surface area (Å²) in [7, 11) is 1.58. The van der Waals surface area contributed by atoms with Crippen LogP contribution in [-0.2, 0) is 0 Å². The first-order chi connectivity index (χ1) is 12.3. The molecule has 5 nitrogen and oxygen atoms in total. The Hall–Kier alpha value is -3.47. The molecule has 0 bridgehead atoms. The van der Waals surface area contributed by atoms with E-state index >= 15 is 0 Å². The molecule has 2 aromatic carbocycles. The molecule has 1 amide bonds. The second kappa shape index (κ2) is 7.88. The number of carbonyl (C=O) groups excluding carboxylic acids is 1. The van der Waals surface area contributed by atoms with Crippen molar-refractivity contribution in [3.05, 3.63) is 95.8 Å². The molecule has 0 aliphatic rings. The molecular weight excluding hydrogens is 314 g/mol. The highest BCUT2D eigenvalue weighted by Crippen LogP contribution is 2.12. The van der Waals surface area contributed by atoms with Gasteiger partial charge in [-0.05, 0) is 36.4 Å². The molecule has 0 saturated carbocycles. The van der Waals surface area contributed by atoms with Crippen molar-refractivity contribution in [2.75, 3.05) is 7.11 Å². The summed E-state index contributed by atoms with van der Waals surface area (Å²) in [5.74, 6) is 0.409. The standard InChI is InChI=1S/C20H17N3O2/c1-25-18-9-7-17(8-10-18)20(24)23-22-19(15-5-3-2-4-6-15)16-11-13-21-14-12-16/h2-14H,1H3,(H,23,24)/b22-19+. The zero-order valence-electron chi connectivity index (χ0n) is 13.7. The molecular formula is C20H17N3O2. The fourth-order valence-corrected chi connectivity index (χ4v) is 2.32. The number of methoxy groups -OCH3 is 1. The monoisotopic (exact) mass is 331 g/mol. The summed E-state index contributed by atoms with van der Waals surface area (Å²) in [6, 6.07) is 20.2. The molecule has 0 saturated heterocycles. The van der Waals surface area contributed by atoms with Crippen LogP contribution in [0.25, 0.3) is 0 Å². The maximum atomic E-state index is 12.3. The number of nitrogens with one attached hydrogen (secondary N) is 1. The molecule has 25 heavy (non-hydrogen) atoms. The second-order valence-electron chi connectivity index (χ2n) is 5.23. The Morgan fingerprint density at radius 2 is 1.52 bits per heavy atom. The molecule has 124 valence electrons. The van der Waals surface area contributed by atoms with Crippen molar-refractivity contribution in [2.24, 2.45) is 5.10 Å². The van der Waals surface area contributed by atoms with Crippen LogP contribution in [0.5, 0.6) is 5.75 Å². The molecule has 1 aromatic heterocycles. The van der Waals surface area contributed by atoms with Gasteiger partial charge in [0.1, 0.15) is 5.75 Å². The number of amides is 1. The lowest BCUT2D eigenvalue weighted by molar-refractivity contribution is 0.0955. The van der Waals surface area contributed by atoms with Crippen molar-refractivity contribution in [1.29, 1.82) is 0 Å². The lowest BCUT2D eigenvalue weighted by Crippen LogP contribution is -2.20. The van der Waals surface area contributed by atoms with Crippen LogP contribution in [0.15, 0.2) is 84.2 Å². The van der Waals surface area contributed by atoms with Crippen molar-refractivity contribution in [1.82, 2.24) is 10.4 Å². The Kier molecular flexibility index (Phi) is 5.16. The number of pyridine rings is 1. The van der Waals surface area contributed by atoms with Gasteiger partial charge in [0.05, 0.1) is 12.8 Å². The van der Waals surface area contributed by atoms with E-state index in [1.807, 2.05) is 42.5 Å². The Morgan fingerprint density at radius 3 is 2.16 bits per heavy atom. The lowest BCUT2D eigenvalue weighted by Gasteiger charge is -2.08. The van der Waals surface area contributed by atoms with E-state index in [2.05, 4.69) is 15.5 Å². The third kappa shape index (κ3) is 4.09. The van der Waals surface area contributed by atoms with E-state index in [0.29, 0.717) is 17.0 Å². The van der Waals surface area contributed by atoms with E-state index < -0.39 is 0 Å². The van der Waals surface area contributed by atoms with Crippen molar-refractivity contribution in [3.8, 4) is 5.75 Å². The molecule has 0 fully saturated rings. The number of hydrogen-bond donors (Lipinski definition) is 1. The minimum absolute atomic E-state index is 0.287. The zero-order valence-corrected chi connectivity index (χ0v) is 13.7. The normalized spacial score (nSPS) is 11.0. The van der Waals surface area contributed by atoms with Crippen molar-refractivity contribution < 1.29 is 9.53 Å². The van der Waals surface area contributed by atoms with Crippen molar-refractivity contribution >= 4 is 11.6 Å². The number of aromatic nitrogens is 1. The molecule has 0 atom stereocenters. The van der Waals surface area contributed by atoms with Crippen LogP contribution in [-0.4, -0.2) is 23.7 Å². The summed E-state index contributed by atoms with van der Waals surface area (Å²) in [6.45, 7) is 0. The Balaban J connectivity index is 1.87. The van der Waals surface area contributed by atoms with Crippen molar-refractivity contribution in [2.45, 2.75) is 0 Å². The third-order valence-electron chi connectivity index (χ3n) is 3.62. The van der Waals surface area contributed by atoms with E-state index in [1.54, 1.807) is 43.8 Å². The summed E-state index contributed by atoms with van der Waals surface area (Å²) in [4.78, 5) is 16.4. The third-order valence-corrected chi connectivity index (χ3v) is 3.62. The number of hydrogen-bond acceptors (Lipinski definition) is 4. The van der Waals surface area contributed by atoms with Crippen LogP contribution in [0.3, 0.4) is 0 Å². The van der Waals surface area contributed by atoms with E-state index in [9.17, 15) is 4.79 Å². The predicted molar refractivity (Wildman–Crippen MR) is 96.8 cm³/mol. The van der Waals surface area contributed by atoms with Crippen LogP contribution in [0.4, 0.5) is 0 Å². The van der Waals surface area contributed by atoms with Gasteiger partial charge in [-0.3, -0.25) is 9.78 Å². The SMILES string of the molecule is COc1ccc(C(=O)N/N=C(\c2ccccc2)c2ccncc2)cc1. The highest BCUT2D eigenvalue weighted by Gasteiger charge is 2.09. The Morgan fingerprint density at radius 1 is 0.880 bits per heavy atom. The van der Waals surface area contributed by atoms with Crippen LogP contribution >= 0.6 is 0 Å². The van der Waals surface area contributed by atoms with Gasteiger partial charge in [0.2, 0.25) is 0 Å². The van der Waals surface area contributed by atoms with Gasteiger partial charge in [-0.15, -0.1) is 0 Å². The van der Waals surface area contributed by atoms with Gasteiger partial charge in [0.25, 0.3) is 5.91 Å². The van der Waals surface area contributed by atoms with Crippen LogP contribution in [0.1, 0.15) is 21.5 Å². The molecule has 0 spiro atoms. The van der Waals surface area contributed by atoms with E-state index in [0.717, 1.165) is 11.1 Å².